The van der Waals surface area contributed by atoms with Gasteiger partial charge >= 0.3 is 0 Å². The molecule has 5 rings (SSSR count). The first kappa shape index (κ1) is 19.8. The molecule has 0 atom stereocenters. The quantitative estimate of drug-likeness (QED) is 0.384. The van der Waals surface area contributed by atoms with Gasteiger partial charge < -0.3 is 10.3 Å². The molecule has 0 saturated heterocycles. The molecule has 0 aliphatic heterocycles. The fraction of sp³-hybridized carbons (Fsp3) is 0.0714. The van der Waals surface area contributed by atoms with Gasteiger partial charge in [0.25, 0.3) is 0 Å². The summed E-state index contributed by atoms with van der Waals surface area (Å²) in [5.41, 5.74) is 11.8. The second-order valence-corrected chi connectivity index (χ2v) is 8.06. The van der Waals surface area contributed by atoms with E-state index in [4.69, 9.17) is 5.73 Å². The maximum atomic E-state index is 12.7. The summed E-state index contributed by atoms with van der Waals surface area (Å²) in [4.78, 5) is 24.8. The largest absolute Gasteiger partial charge is 0.366 e. The minimum atomic E-state index is -0.431. The van der Waals surface area contributed by atoms with E-state index in [0.717, 1.165) is 32.9 Å². The predicted octanol–water partition coefficient (Wildman–Crippen LogP) is 5.48. The third-order valence-corrected chi connectivity index (χ3v) is 5.90. The van der Waals surface area contributed by atoms with E-state index in [-0.39, 0.29) is 5.78 Å². The Hall–Kier alpha value is -4.18. The highest BCUT2D eigenvalue weighted by Gasteiger charge is 2.17. The van der Waals surface area contributed by atoms with Gasteiger partial charge in [0.1, 0.15) is 0 Å². The van der Waals surface area contributed by atoms with Crippen molar-refractivity contribution in [2.24, 2.45) is 5.73 Å². The third-order valence-electron chi connectivity index (χ3n) is 5.90. The number of carbonyl (C=O) groups excluding carboxylic acids is 2. The van der Waals surface area contributed by atoms with Gasteiger partial charge in [-0.1, -0.05) is 72.8 Å². The number of amides is 1. The molecule has 156 valence electrons. The van der Waals surface area contributed by atoms with Crippen molar-refractivity contribution in [2.45, 2.75) is 13.5 Å². The van der Waals surface area contributed by atoms with Crippen molar-refractivity contribution in [1.82, 2.24) is 4.57 Å². The van der Waals surface area contributed by atoms with Crippen LogP contribution in [0.2, 0.25) is 0 Å². The van der Waals surface area contributed by atoms with Gasteiger partial charge in [-0.15, -0.1) is 0 Å². The monoisotopic (exact) mass is 418 g/mol. The molecule has 2 N–H and O–H groups in total. The fourth-order valence-electron chi connectivity index (χ4n) is 4.33. The number of fused-ring (bicyclic) bond motifs is 3. The van der Waals surface area contributed by atoms with Gasteiger partial charge in [-0.3, -0.25) is 9.59 Å². The molecule has 4 aromatic carbocycles. The second-order valence-electron chi connectivity index (χ2n) is 8.06. The van der Waals surface area contributed by atoms with Crippen molar-refractivity contribution in [3.63, 3.8) is 0 Å². The first-order valence-electron chi connectivity index (χ1n) is 10.5. The maximum absolute atomic E-state index is 12.7. The van der Waals surface area contributed by atoms with Crippen molar-refractivity contribution < 1.29 is 9.59 Å². The zero-order chi connectivity index (χ0) is 22.2. The van der Waals surface area contributed by atoms with Crippen molar-refractivity contribution in [2.75, 3.05) is 0 Å². The Labute approximate surface area is 185 Å². The fourth-order valence-corrected chi connectivity index (χ4v) is 4.33. The maximum Gasteiger partial charge on any atom is 0.249 e. The van der Waals surface area contributed by atoms with Gasteiger partial charge in [-0.2, -0.15) is 0 Å². The van der Waals surface area contributed by atoms with E-state index in [1.165, 1.54) is 0 Å². The Morgan fingerprint density at radius 3 is 2.22 bits per heavy atom. The van der Waals surface area contributed by atoms with Crippen LogP contribution in [-0.4, -0.2) is 16.3 Å². The highest BCUT2D eigenvalue weighted by Crippen LogP contribution is 2.33. The van der Waals surface area contributed by atoms with Crippen LogP contribution >= 0.6 is 0 Å². The number of rotatable bonds is 5. The molecular weight excluding hydrogens is 396 g/mol. The lowest BCUT2D eigenvalue weighted by atomic mass is 10.0. The van der Waals surface area contributed by atoms with Crippen LogP contribution in [0.1, 0.15) is 37.4 Å². The zero-order valence-corrected chi connectivity index (χ0v) is 17.7. The molecule has 0 aliphatic carbocycles. The Morgan fingerprint density at radius 1 is 0.781 bits per heavy atom. The lowest BCUT2D eigenvalue weighted by Crippen LogP contribution is -2.11. The Bertz CT molecular complexity index is 1480. The number of nitrogens with zero attached hydrogens (tertiary/aromatic N) is 1. The molecule has 0 bridgehead atoms. The molecule has 32 heavy (non-hydrogen) atoms. The van der Waals surface area contributed by atoms with Crippen LogP contribution in [0.25, 0.3) is 21.8 Å². The van der Waals surface area contributed by atoms with E-state index in [2.05, 4.69) is 23.6 Å². The van der Waals surface area contributed by atoms with Gasteiger partial charge in [0.05, 0.1) is 5.52 Å². The first-order chi connectivity index (χ1) is 15.5. The van der Waals surface area contributed by atoms with Crippen LogP contribution in [0.4, 0.5) is 0 Å². The zero-order valence-electron chi connectivity index (χ0n) is 17.7. The van der Waals surface area contributed by atoms with E-state index in [9.17, 15) is 9.59 Å². The molecule has 0 aliphatic rings. The lowest BCUT2D eigenvalue weighted by Gasteiger charge is -2.09. The number of hydrogen-bond donors (Lipinski definition) is 1. The third kappa shape index (κ3) is 3.36. The highest BCUT2D eigenvalue weighted by atomic mass is 16.1. The van der Waals surface area contributed by atoms with E-state index in [1.54, 1.807) is 6.07 Å². The number of aromatic nitrogens is 1. The molecule has 4 nitrogen and oxygen atoms in total. The molecular formula is C28H22N2O2. The number of nitrogens with two attached hydrogens (primary N) is 1. The van der Waals surface area contributed by atoms with Crippen LogP contribution in [0.15, 0.2) is 91.0 Å². The Kier molecular flexibility index (Phi) is 4.83. The Morgan fingerprint density at radius 2 is 1.50 bits per heavy atom. The van der Waals surface area contributed by atoms with E-state index < -0.39 is 5.91 Å². The number of hydrogen-bond acceptors (Lipinski definition) is 2. The van der Waals surface area contributed by atoms with Crippen molar-refractivity contribution in [3.8, 4) is 0 Å². The average molecular weight is 418 g/mol. The summed E-state index contributed by atoms with van der Waals surface area (Å²) in [6.45, 7) is 2.67. The average Bonchev–Trinajstić information content (AvgIpc) is 3.12. The van der Waals surface area contributed by atoms with Crippen molar-refractivity contribution >= 4 is 33.5 Å². The molecule has 1 amide bonds. The second kappa shape index (κ2) is 7.82. The lowest BCUT2D eigenvalue weighted by molar-refractivity contribution is 0.1000. The summed E-state index contributed by atoms with van der Waals surface area (Å²) in [6, 6.07) is 28.9. The van der Waals surface area contributed by atoms with Crippen molar-refractivity contribution in [1.29, 1.82) is 0 Å². The molecule has 1 heterocycles. The number of carbonyl (C=O) groups is 2. The molecule has 0 unspecified atom stereocenters. The topological polar surface area (TPSA) is 65.1 Å². The van der Waals surface area contributed by atoms with Gasteiger partial charge in [0.15, 0.2) is 5.78 Å². The van der Waals surface area contributed by atoms with E-state index in [1.807, 2.05) is 72.8 Å². The summed E-state index contributed by atoms with van der Waals surface area (Å²) >= 11 is 0. The van der Waals surface area contributed by atoms with Gasteiger partial charge in [-0.25, -0.2) is 0 Å². The minimum absolute atomic E-state index is 0.00994. The molecule has 0 radical (unpaired) electrons. The summed E-state index contributed by atoms with van der Waals surface area (Å²) in [7, 11) is 0. The summed E-state index contributed by atoms with van der Waals surface area (Å²) < 4.78 is 2.21. The molecule has 0 saturated carbocycles. The normalized spacial score (nSPS) is 11.2. The number of benzene rings is 4. The van der Waals surface area contributed by atoms with Crippen molar-refractivity contribution in [3.05, 3.63) is 119 Å². The first-order valence-corrected chi connectivity index (χ1v) is 10.5. The SMILES string of the molecule is Cc1ccc2c3c(C(N)=O)cccc3n(Cc3ccc(C(=O)c4ccccc4)cc3)c2c1. The van der Waals surface area contributed by atoms with E-state index >= 15 is 0 Å². The number of primary amides is 1. The standard InChI is InChI=1S/C28H22N2O2/c1-18-10-15-22-25(16-18)30(24-9-5-8-23(26(22)24)28(29)32)17-19-11-13-21(14-12-19)27(31)20-6-3-2-4-7-20/h2-16H,17H2,1H3,(H2,29,32). The summed E-state index contributed by atoms with van der Waals surface area (Å²) in [5.74, 6) is -0.422. The summed E-state index contributed by atoms with van der Waals surface area (Å²) in [5, 5.41) is 1.89. The van der Waals surface area contributed by atoms with Crippen LogP contribution in [0.5, 0.6) is 0 Å². The van der Waals surface area contributed by atoms with Crippen LogP contribution in [-0.2, 0) is 6.54 Å². The van der Waals surface area contributed by atoms with Gasteiger partial charge in [0, 0.05) is 39.5 Å². The number of ketones is 1. The predicted molar refractivity (Wildman–Crippen MR) is 128 cm³/mol. The van der Waals surface area contributed by atoms with Gasteiger partial charge in [-0.05, 0) is 36.2 Å². The molecule has 1 aromatic heterocycles. The highest BCUT2D eigenvalue weighted by molar-refractivity contribution is 6.18. The van der Waals surface area contributed by atoms with Crippen LogP contribution < -0.4 is 5.73 Å². The molecule has 4 heteroatoms. The Balaban J connectivity index is 1.58. The molecule has 0 spiro atoms. The van der Waals surface area contributed by atoms with Gasteiger partial charge in [0.2, 0.25) is 5.91 Å². The van der Waals surface area contributed by atoms with Crippen LogP contribution in [0.3, 0.4) is 0 Å². The van der Waals surface area contributed by atoms with Crippen LogP contribution in [0, 0.1) is 6.92 Å². The smallest absolute Gasteiger partial charge is 0.249 e. The minimum Gasteiger partial charge on any atom is -0.366 e. The summed E-state index contributed by atoms with van der Waals surface area (Å²) in [6.07, 6.45) is 0. The molecule has 0 fully saturated rings. The molecule has 5 aromatic rings. The van der Waals surface area contributed by atoms with E-state index in [0.29, 0.717) is 23.2 Å². The number of aryl methyl sites for hydroxylation is 1.